The number of alkyl halides is 3. The number of ether oxygens (including phenoxy) is 2. The number of rotatable bonds is 8. The van der Waals surface area contributed by atoms with Crippen molar-refractivity contribution in [2.24, 2.45) is 23.2 Å². The van der Waals surface area contributed by atoms with E-state index >= 15 is 0 Å². The molecule has 0 aromatic carbocycles. The molecular formula is C34H44F3N7O6. The average Bonchev–Trinajstić information content (AvgIpc) is 3.70. The zero-order valence-corrected chi connectivity index (χ0v) is 29.1. The Kier molecular flexibility index (Phi) is 10.3. The molecule has 1 saturated heterocycles. The van der Waals surface area contributed by atoms with Crippen molar-refractivity contribution in [2.45, 2.75) is 97.5 Å². The third kappa shape index (κ3) is 7.63. The Labute approximate surface area is 287 Å². The van der Waals surface area contributed by atoms with Crippen LogP contribution in [0.5, 0.6) is 0 Å². The zero-order valence-electron chi connectivity index (χ0n) is 29.1. The first kappa shape index (κ1) is 36.8. The third-order valence-corrected chi connectivity index (χ3v) is 9.59. The van der Waals surface area contributed by atoms with Crippen LogP contribution in [0.1, 0.15) is 94.5 Å². The van der Waals surface area contributed by atoms with Crippen LogP contribution in [0.15, 0.2) is 30.7 Å². The molecule has 1 N–H and O–H groups in total. The van der Waals surface area contributed by atoms with Crippen LogP contribution >= 0.6 is 0 Å². The lowest BCUT2D eigenvalue weighted by atomic mass is 9.70. The van der Waals surface area contributed by atoms with Crippen LogP contribution in [0.4, 0.5) is 18.0 Å². The van der Waals surface area contributed by atoms with E-state index in [1.165, 1.54) is 37.5 Å². The summed E-state index contributed by atoms with van der Waals surface area (Å²) in [6.45, 7) is 8.14. The van der Waals surface area contributed by atoms with Crippen LogP contribution in [0.3, 0.4) is 0 Å². The highest BCUT2D eigenvalue weighted by molar-refractivity contribution is 6.08. The van der Waals surface area contributed by atoms with E-state index in [9.17, 15) is 32.3 Å². The molecule has 50 heavy (non-hydrogen) atoms. The molecule has 3 aromatic rings. The number of carbonyl (C=O) groups is 4. The minimum Gasteiger partial charge on any atom is -0.468 e. The Hall–Kier alpha value is -4.50. The molecule has 4 heterocycles. The number of aromatic nitrogens is 5. The summed E-state index contributed by atoms with van der Waals surface area (Å²) in [5, 5.41) is 11.8. The highest BCUT2D eigenvalue weighted by Gasteiger charge is 2.60. The summed E-state index contributed by atoms with van der Waals surface area (Å²) in [6, 6.07) is 2.70. The maximum absolute atomic E-state index is 14.3. The number of aryl methyl sites for hydroxylation is 1. The van der Waals surface area contributed by atoms with E-state index < -0.39 is 66.5 Å². The van der Waals surface area contributed by atoms with E-state index in [0.29, 0.717) is 34.4 Å². The Morgan fingerprint density at radius 1 is 1.12 bits per heavy atom. The van der Waals surface area contributed by atoms with Gasteiger partial charge in [-0.25, -0.2) is 19.2 Å². The van der Waals surface area contributed by atoms with Crippen molar-refractivity contribution < 1.29 is 41.8 Å². The van der Waals surface area contributed by atoms with Crippen molar-refractivity contribution in [2.75, 3.05) is 13.7 Å². The molecule has 1 unspecified atom stereocenters. The van der Waals surface area contributed by atoms with Gasteiger partial charge in [0.25, 0.3) is 5.91 Å². The van der Waals surface area contributed by atoms with Gasteiger partial charge in [0.15, 0.2) is 11.1 Å². The predicted molar refractivity (Wildman–Crippen MR) is 172 cm³/mol. The van der Waals surface area contributed by atoms with Gasteiger partial charge in [-0.05, 0) is 82.9 Å². The third-order valence-electron chi connectivity index (χ3n) is 9.59. The molecule has 1 aliphatic carbocycles. The number of hydrogen-bond acceptors (Lipinski definition) is 9. The number of imidazole rings is 1. The van der Waals surface area contributed by atoms with Crippen molar-refractivity contribution in [3.8, 4) is 0 Å². The molecule has 1 saturated carbocycles. The number of halogens is 3. The van der Waals surface area contributed by atoms with Crippen LogP contribution in [0, 0.1) is 23.2 Å². The molecule has 3 aromatic heterocycles. The SMILES string of the molecule is CCn1nccc1C(=O)N[C@H](c1cn2ncc(CC3(C(=O)OC)C[C@@H](C(F)(F)F)CN(C(=O)OC(C)(C)C)C3=O)cc2n1)C1CCC(C)CC1. The molecular weight excluding hydrogens is 659 g/mol. The number of piperidine rings is 1. The van der Waals surface area contributed by atoms with E-state index in [1.807, 2.05) is 6.92 Å². The van der Waals surface area contributed by atoms with Crippen molar-refractivity contribution in [3.05, 3.63) is 47.7 Å². The molecule has 0 bridgehead atoms. The maximum atomic E-state index is 14.3. The second-order valence-corrected chi connectivity index (χ2v) is 14.4. The first-order valence-corrected chi connectivity index (χ1v) is 16.8. The lowest BCUT2D eigenvalue weighted by Crippen LogP contribution is -2.61. The molecule has 2 fully saturated rings. The largest absolute Gasteiger partial charge is 0.468 e. The molecule has 272 valence electrons. The summed E-state index contributed by atoms with van der Waals surface area (Å²) >= 11 is 0. The summed E-state index contributed by atoms with van der Waals surface area (Å²) < 4.78 is 56.1. The number of fused-ring (bicyclic) bond motifs is 1. The van der Waals surface area contributed by atoms with Gasteiger partial charge >= 0.3 is 18.2 Å². The van der Waals surface area contributed by atoms with Gasteiger partial charge in [-0.1, -0.05) is 19.8 Å². The van der Waals surface area contributed by atoms with Crippen molar-refractivity contribution in [1.82, 2.24) is 34.6 Å². The highest BCUT2D eigenvalue weighted by Crippen LogP contribution is 2.45. The lowest BCUT2D eigenvalue weighted by molar-refractivity contribution is -0.204. The molecule has 0 spiro atoms. The van der Waals surface area contributed by atoms with Crippen LogP contribution in [0.2, 0.25) is 0 Å². The van der Waals surface area contributed by atoms with E-state index in [0.717, 1.165) is 32.8 Å². The number of carbonyl (C=O) groups excluding carboxylic acids is 4. The lowest BCUT2D eigenvalue weighted by Gasteiger charge is -2.43. The van der Waals surface area contributed by atoms with Crippen LogP contribution in [0.25, 0.3) is 5.65 Å². The molecule has 2 aliphatic rings. The van der Waals surface area contributed by atoms with Crippen molar-refractivity contribution in [3.63, 3.8) is 0 Å². The number of nitrogens with zero attached hydrogens (tertiary/aromatic N) is 6. The number of nitrogens with one attached hydrogen (secondary N) is 1. The molecule has 16 heteroatoms. The first-order chi connectivity index (χ1) is 23.5. The number of imide groups is 1. The van der Waals surface area contributed by atoms with Gasteiger partial charge in [-0.3, -0.25) is 19.1 Å². The molecule has 3 amide bonds. The number of hydrogen-bond donors (Lipinski definition) is 1. The molecule has 5 rings (SSSR count). The number of methoxy groups -OCH3 is 1. The van der Waals surface area contributed by atoms with Gasteiger partial charge in [0.1, 0.15) is 11.3 Å². The molecule has 1 aliphatic heterocycles. The Balaban J connectivity index is 1.50. The highest BCUT2D eigenvalue weighted by atomic mass is 19.4. The number of esters is 1. The molecule has 0 radical (unpaired) electrons. The minimum atomic E-state index is -4.84. The van der Waals surface area contributed by atoms with Crippen molar-refractivity contribution in [1.29, 1.82) is 0 Å². The average molecular weight is 704 g/mol. The van der Waals surface area contributed by atoms with Gasteiger partial charge < -0.3 is 14.8 Å². The second kappa shape index (κ2) is 14.0. The van der Waals surface area contributed by atoms with E-state index in [1.54, 1.807) is 23.1 Å². The fraction of sp³-hybridized carbons (Fsp3) is 0.618. The fourth-order valence-corrected chi connectivity index (χ4v) is 6.99. The molecule has 3 atom stereocenters. The monoisotopic (exact) mass is 703 g/mol. The van der Waals surface area contributed by atoms with Gasteiger partial charge in [-0.2, -0.15) is 23.4 Å². The van der Waals surface area contributed by atoms with Gasteiger partial charge in [0.2, 0.25) is 5.91 Å². The fourth-order valence-electron chi connectivity index (χ4n) is 6.99. The van der Waals surface area contributed by atoms with Crippen LogP contribution in [-0.4, -0.2) is 78.6 Å². The van der Waals surface area contributed by atoms with Gasteiger partial charge in [0, 0.05) is 19.3 Å². The summed E-state index contributed by atoms with van der Waals surface area (Å²) in [6.07, 6.45) is 0.681. The molecule has 13 nitrogen and oxygen atoms in total. The standard InChI is InChI=1S/C34H44F3N7O6/c1-7-43-25(12-13-38-43)28(45)41-27(22-10-8-20(2)9-11-22)24-19-44-26(40-24)14-21(17-39-44)15-33(30(47)49-6)16-23(34(35,36)37)18-42(29(33)46)31(48)50-32(3,4)5/h12-14,17,19-20,22-23,27H,7-11,15-16,18H2,1-6H3,(H,41,45)/t20?,22?,23-,27+,33?/m1/s1. The summed E-state index contributed by atoms with van der Waals surface area (Å²) in [5.74, 6) is -4.24. The van der Waals surface area contributed by atoms with Crippen molar-refractivity contribution >= 4 is 29.5 Å². The van der Waals surface area contributed by atoms with E-state index in [2.05, 4.69) is 22.4 Å². The van der Waals surface area contributed by atoms with E-state index in [-0.39, 0.29) is 17.4 Å². The normalized spacial score (nSPS) is 23.8. The smallest absolute Gasteiger partial charge is 0.417 e. The van der Waals surface area contributed by atoms with Crippen LogP contribution in [-0.2, 0) is 32.0 Å². The Bertz CT molecular complexity index is 1740. The predicted octanol–water partition coefficient (Wildman–Crippen LogP) is 5.29. The summed E-state index contributed by atoms with van der Waals surface area (Å²) in [7, 11) is 0.975. The summed E-state index contributed by atoms with van der Waals surface area (Å²) in [5.41, 5.74) is -2.06. The van der Waals surface area contributed by atoms with Gasteiger partial charge in [0.05, 0.1) is 37.2 Å². The summed E-state index contributed by atoms with van der Waals surface area (Å²) in [4.78, 5) is 58.9. The van der Waals surface area contributed by atoms with Crippen LogP contribution < -0.4 is 5.32 Å². The number of likely N-dealkylation sites (tertiary alicyclic amines) is 1. The zero-order chi connectivity index (χ0) is 36.6. The topological polar surface area (TPSA) is 150 Å². The quantitative estimate of drug-likeness (QED) is 0.244. The Morgan fingerprint density at radius 3 is 2.44 bits per heavy atom. The number of amides is 3. The Morgan fingerprint density at radius 2 is 1.82 bits per heavy atom. The maximum Gasteiger partial charge on any atom is 0.417 e. The minimum absolute atomic E-state index is 0.0816. The van der Waals surface area contributed by atoms with Gasteiger partial charge in [-0.15, -0.1) is 0 Å². The van der Waals surface area contributed by atoms with E-state index in [4.69, 9.17) is 14.5 Å². The first-order valence-electron chi connectivity index (χ1n) is 16.8. The second-order valence-electron chi connectivity index (χ2n) is 14.4.